The van der Waals surface area contributed by atoms with E-state index in [4.69, 9.17) is 0 Å². The fraction of sp³-hybridized carbons (Fsp3) is 0.562. The highest BCUT2D eigenvalue weighted by molar-refractivity contribution is 5.84. The Bertz CT molecular complexity index is 395. The molecule has 0 spiro atoms. The van der Waals surface area contributed by atoms with Crippen LogP contribution in [0.3, 0.4) is 0 Å². The van der Waals surface area contributed by atoms with Gasteiger partial charge in [0.25, 0.3) is 0 Å². The number of aliphatic hydroxyl groups is 1. The number of hydrogen-bond acceptors (Lipinski definition) is 2. The first-order valence-corrected chi connectivity index (χ1v) is 6.90. The highest BCUT2D eigenvalue weighted by atomic mass is 16.3. The summed E-state index contributed by atoms with van der Waals surface area (Å²) in [6.07, 6.45) is 0.940. The molecule has 0 heterocycles. The summed E-state index contributed by atoms with van der Waals surface area (Å²) in [6.45, 7) is 7.82. The minimum atomic E-state index is -0.883. The van der Waals surface area contributed by atoms with Crippen molar-refractivity contribution in [1.82, 2.24) is 5.32 Å². The molecule has 19 heavy (non-hydrogen) atoms. The number of hydrogen-bond donors (Lipinski definition) is 2. The first-order chi connectivity index (χ1) is 8.85. The predicted molar refractivity (Wildman–Crippen MR) is 77.9 cm³/mol. The Morgan fingerprint density at radius 2 is 1.89 bits per heavy atom. The highest BCUT2D eigenvalue weighted by Gasteiger charge is 2.26. The minimum absolute atomic E-state index is 0.0114. The zero-order valence-electron chi connectivity index (χ0n) is 12.3. The number of amides is 1. The third kappa shape index (κ3) is 5.03. The zero-order valence-corrected chi connectivity index (χ0v) is 12.3. The van der Waals surface area contributed by atoms with Crippen molar-refractivity contribution < 1.29 is 9.90 Å². The standard InChI is InChI=1S/C16H25NO2/c1-5-12(2)14(13-9-7-6-8-10-13)15(18)17-11-16(3,4)19/h6-10,12,14,19H,5,11H2,1-4H3,(H,17,18). The first-order valence-electron chi connectivity index (χ1n) is 6.90. The van der Waals surface area contributed by atoms with Crippen LogP contribution in [0.5, 0.6) is 0 Å². The maximum atomic E-state index is 12.4. The average Bonchev–Trinajstić information content (AvgIpc) is 2.37. The quantitative estimate of drug-likeness (QED) is 0.829. The molecule has 2 N–H and O–H groups in total. The van der Waals surface area contributed by atoms with Crippen molar-refractivity contribution >= 4 is 5.91 Å². The van der Waals surface area contributed by atoms with Crippen molar-refractivity contribution in [2.75, 3.05) is 6.54 Å². The van der Waals surface area contributed by atoms with E-state index in [-0.39, 0.29) is 24.3 Å². The third-order valence-electron chi connectivity index (χ3n) is 3.35. The Morgan fingerprint density at radius 3 is 2.37 bits per heavy atom. The molecule has 1 aromatic rings. The van der Waals surface area contributed by atoms with Gasteiger partial charge in [-0.3, -0.25) is 4.79 Å². The van der Waals surface area contributed by atoms with Crippen LogP contribution < -0.4 is 5.32 Å². The van der Waals surface area contributed by atoms with E-state index in [1.807, 2.05) is 30.3 Å². The summed E-state index contributed by atoms with van der Waals surface area (Å²) >= 11 is 0. The Hall–Kier alpha value is -1.35. The molecule has 3 heteroatoms. The van der Waals surface area contributed by atoms with Crippen molar-refractivity contribution in [3.8, 4) is 0 Å². The summed E-state index contributed by atoms with van der Waals surface area (Å²) in [5.41, 5.74) is 0.150. The summed E-state index contributed by atoms with van der Waals surface area (Å²) in [6, 6.07) is 9.83. The molecule has 0 saturated carbocycles. The highest BCUT2D eigenvalue weighted by Crippen LogP contribution is 2.27. The first kappa shape index (κ1) is 15.7. The minimum Gasteiger partial charge on any atom is -0.389 e. The summed E-state index contributed by atoms with van der Waals surface area (Å²) in [5.74, 6) is 0.0976. The van der Waals surface area contributed by atoms with Crippen LogP contribution in [0.15, 0.2) is 30.3 Å². The molecule has 0 aliphatic carbocycles. The normalized spacial score (nSPS) is 14.8. The van der Waals surface area contributed by atoms with E-state index in [2.05, 4.69) is 19.2 Å². The van der Waals surface area contributed by atoms with E-state index >= 15 is 0 Å². The SMILES string of the molecule is CCC(C)C(C(=O)NCC(C)(C)O)c1ccccc1. The van der Waals surface area contributed by atoms with Gasteiger partial charge in [-0.05, 0) is 25.3 Å². The second kappa shape index (κ2) is 6.71. The van der Waals surface area contributed by atoms with Crippen molar-refractivity contribution in [2.45, 2.75) is 45.6 Å². The van der Waals surface area contributed by atoms with Crippen molar-refractivity contribution in [3.05, 3.63) is 35.9 Å². The van der Waals surface area contributed by atoms with Gasteiger partial charge in [0.2, 0.25) is 5.91 Å². The lowest BCUT2D eigenvalue weighted by atomic mass is 9.85. The Labute approximate surface area is 116 Å². The molecule has 0 aliphatic heterocycles. The second-order valence-electron chi connectivity index (χ2n) is 5.80. The Kier molecular flexibility index (Phi) is 5.55. The van der Waals surface area contributed by atoms with Crippen LogP contribution in [0.25, 0.3) is 0 Å². The summed E-state index contributed by atoms with van der Waals surface area (Å²) < 4.78 is 0. The smallest absolute Gasteiger partial charge is 0.227 e. The summed E-state index contributed by atoms with van der Waals surface area (Å²) in [4.78, 5) is 12.4. The van der Waals surface area contributed by atoms with Crippen LogP contribution in [-0.4, -0.2) is 23.2 Å². The van der Waals surface area contributed by atoms with Gasteiger partial charge in [0.05, 0.1) is 11.5 Å². The van der Waals surface area contributed by atoms with E-state index in [9.17, 15) is 9.90 Å². The predicted octanol–water partition coefficient (Wildman–Crippen LogP) is 2.70. The molecule has 2 unspecified atom stereocenters. The molecule has 0 aliphatic rings. The van der Waals surface area contributed by atoms with E-state index in [1.165, 1.54) is 0 Å². The molecule has 0 fully saturated rings. The molecular formula is C16H25NO2. The molecule has 3 nitrogen and oxygen atoms in total. The van der Waals surface area contributed by atoms with Gasteiger partial charge in [0.1, 0.15) is 0 Å². The van der Waals surface area contributed by atoms with Crippen LogP contribution >= 0.6 is 0 Å². The molecule has 1 rings (SSSR count). The number of nitrogens with one attached hydrogen (secondary N) is 1. The maximum absolute atomic E-state index is 12.4. The van der Waals surface area contributed by atoms with Gasteiger partial charge in [-0.1, -0.05) is 50.6 Å². The van der Waals surface area contributed by atoms with Gasteiger partial charge in [-0.15, -0.1) is 0 Å². The summed E-state index contributed by atoms with van der Waals surface area (Å²) in [5, 5.41) is 12.5. The van der Waals surface area contributed by atoms with Gasteiger partial charge >= 0.3 is 0 Å². The maximum Gasteiger partial charge on any atom is 0.227 e. The van der Waals surface area contributed by atoms with Crippen LogP contribution in [0.4, 0.5) is 0 Å². The van der Waals surface area contributed by atoms with Gasteiger partial charge in [0.15, 0.2) is 0 Å². The molecule has 0 radical (unpaired) electrons. The van der Waals surface area contributed by atoms with E-state index in [1.54, 1.807) is 13.8 Å². The van der Waals surface area contributed by atoms with Crippen molar-refractivity contribution in [3.63, 3.8) is 0 Å². The second-order valence-corrected chi connectivity index (χ2v) is 5.80. The monoisotopic (exact) mass is 263 g/mol. The molecule has 1 aromatic carbocycles. The summed E-state index contributed by atoms with van der Waals surface area (Å²) in [7, 11) is 0. The lowest BCUT2D eigenvalue weighted by molar-refractivity contribution is -0.124. The number of carbonyl (C=O) groups excluding carboxylic acids is 1. The fourth-order valence-electron chi connectivity index (χ4n) is 2.05. The molecule has 106 valence electrons. The largest absolute Gasteiger partial charge is 0.389 e. The lowest BCUT2D eigenvalue weighted by Crippen LogP contribution is -2.41. The average molecular weight is 263 g/mol. The van der Waals surface area contributed by atoms with Crippen LogP contribution in [-0.2, 0) is 4.79 Å². The molecule has 0 bridgehead atoms. The van der Waals surface area contributed by atoms with E-state index in [0.29, 0.717) is 0 Å². The van der Waals surface area contributed by atoms with Gasteiger partial charge < -0.3 is 10.4 Å². The number of rotatable bonds is 6. The third-order valence-corrected chi connectivity index (χ3v) is 3.35. The fourth-order valence-corrected chi connectivity index (χ4v) is 2.05. The van der Waals surface area contributed by atoms with Gasteiger partial charge in [0, 0.05) is 6.54 Å². The van der Waals surface area contributed by atoms with Crippen molar-refractivity contribution in [1.29, 1.82) is 0 Å². The zero-order chi connectivity index (χ0) is 14.5. The van der Waals surface area contributed by atoms with Crippen LogP contribution in [0, 0.1) is 5.92 Å². The van der Waals surface area contributed by atoms with Crippen molar-refractivity contribution in [2.24, 2.45) is 5.92 Å². The topological polar surface area (TPSA) is 49.3 Å². The number of carbonyl (C=O) groups is 1. The van der Waals surface area contributed by atoms with Crippen LogP contribution in [0.1, 0.15) is 45.6 Å². The molecule has 2 atom stereocenters. The molecule has 1 amide bonds. The molecule has 0 saturated heterocycles. The Morgan fingerprint density at radius 1 is 1.32 bits per heavy atom. The Balaban J connectivity index is 2.84. The van der Waals surface area contributed by atoms with Gasteiger partial charge in [-0.2, -0.15) is 0 Å². The number of benzene rings is 1. The lowest BCUT2D eigenvalue weighted by Gasteiger charge is -2.25. The van der Waals surface area contributed by atoms with Crippen LogP contribution in [0.2, 0.25) is 0 Å². The van der Waals surface area contributed by atoms with Gasteiger partial charge in [-0.25, -0.2) is 0 Å². The molecule has 0 aromatic heterocycles. The van der Waals surface area contributed by atoms with E-state index < -0.39 is 5.60 Å². The van der Waals surface area contributed by atoms with E-state index in [0.717, 1.165) is 12.0 Å². The molecular weight excluding hydrogens is 238 g/mol.